The molecule has 0 radical (unpaired) electrons. The minimum atomic E-state index is 0.0620. The molecule has 3 heteroatoms. The molecular formula is C17H24ClNO. The highest BCUT2D eigenvalue weighted by molar-refractivity contribution is 6.32. The highest BCUT2D eigenvalue weighted by Crippen LogP contribution is 2.49. The lowest BCUT2D eigenvalue weighted by Gasteiger charge is -2.41. The number of nitrogens with one attached hydrogen (secondary N) is 1. The zero-order valence-corrected chi connectivity index (χ0v) is 13.4. The molecule has 1 N–H and O–H groups in total. The molecular weight excluding hydrogens is 270 g/mol. The molecule has 0 saturated heterocycles. The lowest BCUT2D eigenvalue weighted by molar-refractivity contribution is 0.0367. The topological polar surface area (TPSA) is 21.3 Å². The molecule has 1 aliphatic carbocycles. The van der Waals surface area contributed by atoms with Gasteiger partial charge in [-0.1, -0.05) is 18.5 Å². The zero-order valence-electron chi connectivity index (χ0n) is 12.7. The van der Waals surface area contributed by atoms with Gasteiger partial charge in [-0.3, -0.25) is 0 Å². The fraction of sp³-hybridized carbons (Fsp3) is 0.647. The van der Waals surface area contributed by atoms with Gasteiger partial charge in [-0.25, -0.2) is 0 Å². The Labute approximate surface area is 126 Å². The Balaban J connectivity index is 2.08. The lowest BCUT2D eigenvalue weighted by atomic mass is 9.83. The van der Waals surface area contributed by atoms with Gasteiger partial charge in [0, 0.05) is 23.0 Å². The van der Waals surface area contributed by atoms with E-state index in [9.17, 15) is 0 Å². The number of hydrogen-bond donors (Lipinski definition) is 1. The van der Waals surface area contributed by atoms with Crippen LogP contribution in [0.25, 0.3) is 0 Å². The van der Waals surface area contributed by atoms with Crippen LogP contribution in [-0.4, -0.2) is 12.1 Å². The van der Waals surface area contributed by atoms with Gasteiger partial charge in [0.1, 0.15) is 11.4 Å². The molecule has 2 aliphatic rings. The maximum absolute atomic E-state index is 6.47. The minimum absolute atomic E-state index is 0.0620. The second-order valence-electron chi connectivity index (χ2n) is 6.35. The van der Waals surface area contributed by atoms with Crippen LogP contribution in [0, 0.1) is 13.8 Å². The summed E-state index contributed by atoms with van der Waals surface area (Å²) in [5, 5.41) is 4.53. The molecule has 1 aromatic rings. The second kappa shape index (κ2) is 5.23. The molecule has 3 rings (SSSR count). The Morgan fingerprint density at radius 1 is 1.35 bits per heavy atom. The average Bonchev–Trinajstić information content (AvgIpc) is 2.84. The fourth-order valence-corrected chi connectivity index (χ4v) is 4.11. The van der Waals surface area contributed by atoms with Gasteiger partial charge in [-0.05, 0) is 63.3 Å². The zero-order chi connectivity index (χ0) is 14.3. The molecule has 0 bridgehead atoms. The maximum Gasteiger partial charge on any atom is 0.125 e. The number of benzene rings is 1. The number of aryl methyl sites for hydroxylation is 1. The smallest absolute Gasteiger partial charge is 0.125 e. The van der Waals surface area contributed by atoms with Crippen LogP contribution in [0.4, 0.5) is 0 Å². The van der Waals surface area contributed by atoms with Crippen molar-refractivity contribution in [2.24, 2.45) is 0 Å². The van der Waals surface area contributed by atoms with Crippen LogP contribution in [0.3, 0.4) is 0 Å². The van der Waals surface area contributed by atoms with E-state index in [2.05, 4.69) is 32.2 Å². The van der Waals surface area contributed by atoms with Crippen molar-refractivity contribution in [3.8, 4) is 5.75 Å². The van der Waals surface area contributed by atoms with Crippen LogP contribution in [0.1, 0.15) is 61.8 Å². The van der Waals surface area contributed by atoms with Crippen LogP contribution in [0.15, 0.2) is 6.07 Å². The Morgan fingerprint density at radius 3 is 2.70 bits per heavy atom. The van der Waals surface area contributed by atoms with Crippen LogP contribution in [0.2, 0.25) is 5.02 Å². The second-order valence-corrected chi connectivity index (χ2v) is 6.73. The molecule has 110 valence electrons. The molecule has 2 nitrogen and oxygen atoms in total. The van der Waals surface area contributed by atoms with E-state index < -0.39 is 0 Å². The highest BCUT2D eigenvalue weighted by Gasteiger charge is 2.43. The van der Waals surface area contributed by atoms with Gasteiger partial charge in [0.15, 0.2) is 0 Å². The van der Waals surface area contributed by atoms with E-state index in [4.69, 9.17) is 16.3 Å². The van der Waals surface area contributed by atoms with Crippen molar-refractivity contribution in [1.29, 1.82) is 0 Å². The lowest BCUT2D eigenvalue weighted by Crippen LogP contribution is -2.42. The standard InChI is InChI=1S/C17H24ClNO/c1-4-19-13-10-17(7-5-6-8-17)20-14-9-11(2)16(18)12(3)15(13)14/h9,13,19H,4-8,10H2,1-3H3. The van der Waals surface area contributed by atoms with E-state index in [-0.39, 0.29) is 5.60 Å². The summed E-state index contributed by atoms with van der Waals surface area (Å²) in [5.41, 5.74) is 3.64. The number of ether oxygens (including phenoxy) is 1. The number of halogens is 1. The van der Waals surface area contributed by atoms with Crippen molar-refractivity contribution in [3.05, 3.63) is 27.8 Å². The Morgan fingerprint density at radius 2 is 2.05 bits per heavy atom. The maximum atomic E-state index is 6.47. The summed E-state index contributed by atoms with van der Waals surface area (Å²) >= 11 is 6.45. The van der Waals surface area contributed by atoms with E-state index in [0.717, 1.165) is 29.3 Å². The van der Waals surface area contributed by atoms with Crippen LogP contribution >= 0.6 is 11.6 Å². The number of hydrogen-bond acceptors (Lipinski definition) is 2. The van der Waals surface area contributed by atoms with Crippen molar-refractivity contribution in [2.45, 2.75) is 64.5 Å². The average molecular weight is 294 g/mol. The van der Waals surface area contributed by atoms with Crippen LogP contribution in [0.5, 0.6) is 5.75 Å². The monoisotopic (exact) mass is 293 g/mol. The summed E-state index contributed by atoms with van der Waals surface area (Å²) < 4.78 is 6.47. The number of rotatable bonds is 2. The Hall–Kier alpha value is -0.730. The van der Waals surface area contributed by atoms with Gasteiger partial charge in [-0.2, -0.15) is 0 Å². The molecule has 0 amide bonds. The third-order valence-corrected chi connectivity index (χ3v) is 5.49. The summed E-state index contributed by atoms with van der Waals surface area (Å²) in [5.74, 6) is 1.06. The molecule has 1 spiro atoms. The van der Waals surface area contributed by atoms with Gasteiger partial charge in [0.05, 0.1) is 0 Å². The van der Waals surface area contributed by atoms with Crippen molar-refractivity contribution >= 4 is 11.6 Å². The normalized spacial score (nSPS) is 23.7. The first-order valence-corrected chi connectivity index (χ1v) is 8.16. The molecule has 0 aromatic heterocycles. The molecule has 1 unspecified atom stereocenters. The van der Waals surface area contributed by atoms with E-state index in [1.54, 1.807) is 0 Å². The predicted molar refractivity (Wildman–Crippen MR) is 83.8 cm³/mol. The highest BCUT2D eigenvalue weighted by atomic mass is 35.5. The fourth-order valence-electron chi connectivity index (χ4n) is 3.95. The van der Waals surface area contributed by atoms with E-state index >= 15 is 0 Å². The SMILES string of the molecule is CCNC1CC2(CCCC2)Oc2cc(C)c(Cl)c(C)c21. The van der Waals surface area contributed by atoms with Crippen LogP contribution in [-0.2, 0) is 0 Å². The van der Waals surface area contributed by atoms with Gasteiger partial charge in [-0.15, -0.1) is 0 Å². The summed E-state index contributed by atoms with van der Waals surface area (Å²) in [6.07, 6.45) is 6.04. The van der Waals surface area contributed by atoms with Gasteiger partial charge in [0.25, 0.3) is 0 Å². The molecule has 1 heterocycles. The first kappa shape index (κ1) is 14.2. The van der Waals surface area contributed by atoms with E-state index in [0.29, 0.717) is 6.04 Å². The predicted octanol–water partition coefficient (Wildman–Crippen LogP) is 4.70. The largest absolute Gasteiger partial charge is 0.487 e. The van der Waals surface area contributed by atoms with E-state index in [1.807, 2.05) is 0 Å². The third kappa shape index (κ3) is 2.23. The van der Waals surface area contributed by atoms with Gasteiger partial charge in [0.2, 0.25) is 0 Å². The van der Waals surface area contributed by atoms with Crippen molar-refractivity contribution in [2.75, 3.05) is 6.54 Å². The summed E-state index contributed by atoms with van der Waals surface area (Å²) in [6.45, 7) is 7.33. The molecule has 1 saturated carbocycles. The quantitative estimate of drug-likeness (QED) is 0.853. The van der Waals surface area contributed by atoms with Crippen molar-refractivity contribution in [1.82, 2.24) is 5.32 Å². The number of fused-ring (bicyclic) bond motifs is 1. The Kier molecular flexibility index (Phi) is 3.72. The molecule has 1 fully saturated rings. The van der Waals surface area contributed by atoms with Crippen molar-refractivity contribution < 1.29 is 4.74 Å². The van der Waals surface area contributed by atoms with Crippen LogP contribution < -0.4 is 10.1 Å². The van der Waals surface area contributed by atoms with E-state index in [1.165, 1.54) is 36.8 Å². The molecule has 1 atom stereocenters. The third-order valence-electron chi connectivity index (χ3n) is 4.91. The Bertz CT molecular complexity index is 520. The van der Waals surface area contributed by atoms with Crippen molar-refractivity contribution in [3.63, 3.8) is 0 Å². The molecule has 1 aromatic carbocycles. The molecule has 1 aliphatic heterocycles. The first-order valence-electron chi connectivity index (χ1n) is 7.78. The summed E-state index contributed by atoms with van der Waals surface area (Å²) in [4.78, 5) is 0. The minimum Gasteiger partial charge on any atom is -0.487 e. The molecule has 20 heavy (non-hydrogen) atoms. The summed E-state index contributed by atoms with van der Waals surface area (Å²) in [7, 11) is 0. The van der Waals surface area contributed by atoms with Gasteiger partial charge < -0.3 is 10.1 Å². The van der Waals surface area contributed by atoms with Gasteiger partial charge >= 0.3 is 0 Å². The summed E-state index contributed by atoms with van der Waals surface area (Å²) in [6, 6.07) is 2.51. The first-order chi connectivity index (χ1) is 9.56.